The van der Waals surface area contributed by atoms with Crippen LogP contribution >= 0.6 is 0 Å². The monoisotopic (exact) mass is 214 g/mol. The predicted octanol–water partition coefficient (Wildman–Crippen LogP) is 2.15. The van der Waals surface area contributed by atoms with Crippen molar-refractivity contribution in [3.8, 4) is 0 Å². The van der Waals surface area contributed by atoms with E-state index >= 15 is 0 Å². The lowest BCUT2D eigenvalue weighted by molar-refractivity contribution is -0.151. The maximum absolute atomic E-state index is 10.8. The molecule has 0 aliphatic heterocycles. The Morgan fingerprint density at radius 2 is 1.87 bits per heavy atom. The number of hydrogen-bond acceptors (Lipinski definition) is 2. The molecule has 0 aromatic carbocycles. The Kier molecular flexibility index (Phi) is 6.42. The summed E-state index contributed by atoms with van der Waals surface area (Å²) < 4.78 is 0. The zero-order valence-electron chi connectivity index (χ0n) is 9.14. The van der Waals surface area contributed by atoms with Crippen molar-refractivity contribution in [3.63, 3.8) is 0 Å². The van der Waals surface area contributed by atoms with Gasteiger partial charge in [0.1, 0.15) is 0 Å². The van der Waals surface area contributed by atoms with E-state index in [1.54, 1.807) is 6.08 Å². The summed E-state index contributed by atoms with van der Waals surface area (Å²) in [6.45, 7) is 3.45. The molecule has 2 unspecified atom stereocenters. The van der Waals surface area contributed by atoms with E-state index in [1.165, 1.54) is 13.0 Å². The van der Waals surface area contributed by atoms with Crippen LogP contribution in [0, 0.1) is 11.8 Å². The highest BCUT2D eigenvalue weighted by molar-refractivity contribution is 5.81. The molecule has 0 fully saturated rings. The van der Waals surface area contributed by atoms with Crippen molar-refractivity contribution < 1.29 is 19.8 Å². The number of rotatable bonds is 7. The van der Waals surface area contributed by atoms with Gasteiger partial charge in [0.2, 0.25) is 0 Å². The second-order valence-electron chi connectivity index (χ2n) is 3.56. The molecular weight excluding hydrogens is 196 g/mol. The summed E-state index contributed by atoms with van der Waals surface area (Å²) in [5.74, 6) is -3.99. The Labute approximate surface area is 89.6 Å². The van der Waals surface area contributed by atoms with Crippen LogP contribution in [0.3, 0.4) is 0 Å². The Morgan fingerprint density at radius 1 is 1.27 bits per heavy atom. The fourth-order valence-electron chi connectivity index (χ4n) is 1.18. The number of carboxylic acid groups (broad SMARTS) is 2. The third-order valence-corrected chi connectivity index (χ3v) is 2.28. The first-order valence-corrected chi connectivity index (χ1v) is 5.13. The minimum absolute atomic E-state index is 0.798. The van der Waals surface area contributed by atoms with Crippen LogP contribution in [0.25, 0.3) is 0 Å². The van der Waals surface area contributed by atoms with Crippen LogP contribution in [0.4, 0.5) is 0 Å². The summed E-state index contributed by atoms with van der Waals surface area (Å²) in [5.41, 5.74) is 0. The molecule has 0 bridgehead atoms. The lowest BCUT2D eigenvalue weighted by atomic mass is 9.93. The molecule has 0 heterocycles. The molecule has 0 aromatic heterocycles. The van der Waals surface area contributed by atoms with Gasteiger partial charge in [-0.3, -0.25) is 9.59 Å². The van der Waals surface area contributed by atoms with Gasteiger partial charge in [-0.25, -0.2) is 0 Å². The summed E-state index contributed by atoms with van der Waals surface area (Å²) in [4.78, 5) is 21.4. The molecule has 0 aliphatic rings. The van der Waals surface area contributed by atoms with E-state index in [-0.39, 0.29) is 0 Å². The third kappa shape index (κ3) is 5.20. The predicted molar refractivity (Wildman–Crippen MR) is 56.6 cm³/mol. The van der Waals surface area contributed by atoms with Gasteiger partial charge in [0, 0.05) is 0 Å². The molecule has 0 saturated carbocycles. The largest absolute Gasteiger partial charge is 0.481 e. The first kappa shape index (κ1) is 13.7. The van der Waals surface area contributed by atoms with Crippen LogP contribution in [-0.4, -0.2) is 22.2 Å². The highest BCUT2D eigenvalue weighted by atomic mass is 16.4. The fraction of sp³-hybridized carbons (Fsp3) is 0.636. The summed E-state index contributed by atoms with van der Waals surface area (Å²) in [6, 6.07) is 0. The number of carbonyl (C=O) groups is 2. The van der Waals surface area contributed by atoms with Gasteiger partial charge >= 0.3 is 11.9 Å². The SMILES string of the molecule is CCCCC=CC(C(=O)O)C(C)C(=O)O. The quantitative estimate of drug-likeness (QED) is 0.503. The number of allylic oxidation sites excluding steroid dienone is 1. The number of unbranched alkanes of at least 4 members (excludes halogenated alkanes) is 2. The van der Waals surface area contributed by atoms with Crippen molar-refractivity contribution in [2.75, 3.05) is 0 Å². The van der Waals surface area contributed by atoms with E-state index in [9.17, 15) is 9.59 Å². The zero-order valence-corrected chi connectivity index (χ0v) is 9.14. The van der Waals surface area contributed by atoms with Crippen molar-refractivity contribution in [1.29, 1.82) is 0 Å². The maximum Gasteiger partial charge on any atom is 0.311 e. The van der Waals surface area contributed by atoms with E-state index in [0.29, 0.717) is 0 Å². The van der Waals surface area contributed by atoms with Crippen molar-refractivity contribution in [2.24, 2.45) is 11.8 Å². The molecule has 15 heavy (non-hydrogen) atoms. The number of aliphatic carboxylic acids is 2. The van der Waals surface area contributed by atoms with Crippen molar-refractivity contribution in [2.45, 2.75) is 33.1 Å². The topological polar surface area (TPSA) is 74.6 Å². The maximum atomic E-state index is 10.8. The Bertz CT molecular complexity index is 245. The van der Waals surface area contributed by atoms with Gasteiger partial charge in [0.05, 0.1) is 11.8 Å². The van der Waals surface area contributed by atoms with E-state index in [1.807, 2.05) is 6.92 Å². The molecule has 0 aliphatic carbocycles. The van der Waals surface area contributed by atoms with Gasteiger partial charge in [-0.05, 0) is 6.42 Å². The van der Waals surface area contributed by atoms with Gasteiger partial charge in [-0.2, -0.15) is 0 Å². The molecule has 0 radical (unpaired) electrons. The number of carboxylic acids is 2. The van der Waals surface area contributed by atoms with E-state index in [0.717, 1.165) is 19.3 Å². The van der Waals surface area contributed by atoms with Crippen molar-refractivity contribution in [3.05, 3.63) is 12.2 Å². The smallest absolute Gasteiger partial charge is 0.311 e. The van der Waals surface area contributed by atoms with Gasteiger partial charge in [-0.15, -0.1) is 0 Å². The van der Waals surface area contributed by atoms with Gasteiger partial charge in [0.25, 0.3) is 0 Å². The molecule has 4 heteroatoms. The highest BCUT2D eigenvalue weighted by Gasteiger charge is 2.27. The molecule has 0 rings (SSSR count). The van der Waals surface area contributed by atoms with Crippen LogP contribution in [0.15, 0.2) is 12.2 Å². The van der Waals surface area contributed by atoms with Crippen LogP contribution in [-0.2, 0) is 9.59 Å². The van der Waals surface area contributed by atoms with Crippen molar-refractivity contribution in [1.82, 2.24) is 0 Å². The summed E-state index contributed by atoms with van der Waals surface area (Å²) in [5, 5.41) is 17.5. The highest BCUT2D eigenvalue weighted by Crippen LogP contribution is 2.14. The molecule has 0 amide bonds. The van der Waals surface area contributed by atoms with Crippen LogP contribution in [0.1, 0.15) is 33.1 Å². The average molecular weight is 214 g/mol. The van der Waals surface area contributed by atoms with Gasteiger partial charge in [-0.1, -0.05) is 38.8 Å². The third-order valence-electron chi connectivity index (χ3n) is 2.28. The molecule has 86 valence electrons. The first-order valence-electron chi connectivity index (χ1n) is 5.13. The molecule has 4 nitrogen and oxygen atoms in total. The van der Waals surface area contributed by atoms with Gasteiger partial charge in [0.15, 0.2) is 0 Å². The van der Waals surface area contributed by atoms with E-state index in [4.69, 9.17) is 10.2 Å². The lowest BCUT2D eigenvalue weighted by Crippen LogP contribution is -2.25. The summed E-state index contributed by atoms with van der Waals surface area (Å²) in [7, 11) is 0. The Balaban J connectivity index is 4.34. The molecule has 2 N–H and O–H groups in total. The standard InChI is InChI=1S/C11H18O4/c1-3-4-5-6-7-9(11(14)15)8(2)10(12)13/h6-9H,3-5H2,1-2H3,(H,12,13)(H,14,15). The minimum Gasteiger partial charge on any atom is -0.481 e. The van der Waals surface area contributed by atoms with Crippen LogP contribution in [0.5, 0.6) is 0 Å². The molecule has 0 spiro atoms. The minimum atomic E-state index is -1.09. The first-order chi connectivity index (χ1) is 7.00. The van der Waals surface area contributed by atoms with Crippen LogP contribution in [0.2, 0.25) is 0 Å². The summed E-state index contributed by atoms with van der Waals surface area (Å²) >= 11 is 0. The average Bonchev–Trinajstić information content (AvgIpc) is 2.16. The van der Waals surface area contributed by atoms with E-state index < -0.39 is 23.8 Å². The molecular formula is C11H18O4. The van der Waals surface area contributed by atoms with Gasteiger partial charge < -0.3 is 10.2 Å². The second kappa shape index (κ2) is 7.04. The fourth-order valence-corrected chi connectivity index (χ4v) is 1.18. The lowest BCUT2D eigenvalue weighted by Gasteiger charge is -2.11. The normalized spacial score (nSPS) is 15.1. The summed E-state index contributed by atoms with van der Waals surface area (Å²) in [6.07, 6.45) is 6.06. The molecule has 0 saturated heterocycles. The Morgan fingerprint density at radius 3 is 2.27 bits per heavy atom. The number of hydrogen-bond donors (Lipinski definition) is 2. The Hall–Kier alpha value is -1.32. The second-order valence-corrected chi connectivity index (χ2v) is 3.56. The van der Waals surface area contributed by atoms with E-state index in [2.05, 4.69) is 0 Å². The van der Waals surface area contributed by atoms with Crippen LogP contribution < -0.4 is 0 Å². The molecule has 0 aromatic rings. The van der Waals surface area contributed by atoms with Crippen molar-refractivity contribution >= 4 is 11.9 Å². The zero-order chi connectivity index (χ0) is 11.8. The molecule has 2 atom stereocenters.